The minimum atomic E-state index is 0.868. The molecule has 0 aromatic heterocycles. The van der Waals surface area contributed by atoms with Crippen molar-refractivity contribution >= 4 is 0 Å². The number of hydrogen-bond acceptors (Lipinski definition) is 2. The Morgan fingerprint density at radius 1 is 1.05 bits per heavy atom. The van der Waals surface area contributed by atoms with Gasteiger partial charge in [0.15, 0.2) is 0 Å². The monoisotopic (exact) mass is 266 g/mol. The third kappa shape index (κ3) is 3.27. The number of benzene rings is 2. The summed E-state index contributed by atoms with van der Waals surface area (Å²) in [6, 6.07) is 20.1. The molecule has 0 spiro atoms. The Balaban J connectivity index is 1.73. The van der Waals surface area contributed by atoms with Gasteiger partial charge < -0.3 is 4.74 Å². The van der Waals surface area contributed by atoms with Crippen LogP contribution in [0.5, 0.6) is 0 Å². The Morgan fingerprint density at radius 2 is 1.85 bits per heavy atom. The Bertz CT molecular complexity index is 532. The van der Waals surface area contributed by atoms with Crippen molar-refractivity contribution in [2.45, 2.75) is 6.42 Å². The van der Waals surface area contributed by atoms with Crippen LogP contribution < -0.4 is 0 Å². The van der Waals surface area contributed by atoms with Crippen LogP contribution in [0, 0.1) is 6.07 Å². The maximum absolute atomic E-state index is 5.40. The number of morpholine rings is 1. The summed E-state index contributed by atoms with van der Waals surface area (Å²) < 4.78 is 5.40. The summed E-state index contributed by atoms with van der Waals surface area (Å²) in [6.45, 7) is 4.94. The van der Waals surface area contributed by atoms with Gasteiger partial charge in [-0.1, -0.05) is 48.5 Å². The highest BCUT2D eigenvalue weighted by molar-refractivity contribution is 5.67. The zero-order chi connectivity index (χ0) is 13.6. The van der Waals surface area contributed by atoms with E-state index in [0.717, 1.165) is 39.3 Å². The van der Waals surface area contributed by atoms with Crippen LogP contribution in [0.2, 0.25) is 0 Å². The molecule has 1 aliphatic rings. The summed E-state index contributed by atoms with van der Waals surface area (Å²) in [5.74, 6) is 0. The lowest BCUT2D eigenvalue weighted by atomic mass is 9.97. The summed E-state index contributed by atoms with van der Waals surface area (Å²) in [6.07, 6.45) is 1.07. The van der Waals surface area contributed by atoms with Crippen LogP contribution in [0.25, 0.3) is 11.1 Å². The second-order valence-electron chi connectivity index (χ2n) is 5.15. The maximum atomic E-state index is 5.40. The van der Waals surface area contributed by atoms with Gasteiger partial charge in [0, 0.05) is 19.6 Å². The van der Waals surface area contributed by atoms with Crippen LogP contribution in [-0.4, -0.2) is 37.7 Å². The highest BCUT2D eigenvalue weighted by Gasteiger charge is 2.11. The van der Waals surface area contributed by atoms with Gasteiger partial charge in [0.25, 0.3) is 0 Å². The molecule has 0 saturated carbocycles. The Kier molecular flexibility index (Phi) is 4.46. The summed E-state index contributed by atoms with van der Waals surface area (Å²) in [4.78, 5) is 2.48. The van der Waals surface area contributed by atoms with Crippen LogP contribution in [0.15, 0.2) is 48.5 Å². The first-order valence-corrected chi connectivity index (χ1v) is 7.28. The molecule has 1 saturated heterocycles. The molecule has 2 aromatic rings. The van der Waals surface area contributed by atoms with Gasteiger partial charge in [-0.3, -0.25) is 4.90 Å². The Labute approximate surface area is 121 Å². The summed E-state index contributed by atoms with van der Waals surface area (Å²) in [5.41, 5.74) is 4.00. The van der Waals surface area contributed by atoms with Crippen molar-refractivity contribution < 1.29 is 4.74 Å². The van der Waals surface area contributed by atoms with E-state index >= 15 is 0 Å². The van der Waals surface area contributed by atoms with E-state index in [1.807, 2.05) is 6.07 Å². The molecule has 0 amide bonds. The molecule has 20 heavy (non-hydrogen) atoms. The SMILES string of the molecule is [c]1ccc(-c2ccccc2)c(CCN2CCOCC2)c1. The van der Waals surface area contributed by atoms with E-state index in [4.69, 9.17) is 4.74 Å². The molecule has 1 aliphatic heterocycles. The summed E-state index contributed by atoms with van der Waals surface area (Å²) in [5, 5.41) is 0. The molecule has 1 radical (unpaired) electrons. The summed E-state index contributed by atoms with van der Waals surface area (Å²) in [7, 11) is 0. The van der Waals surface area contributed by atoms with Crippen LogP contribution in [-0.2, 0) is 11.2 Å². The zero-order valence-corrected chi connectivity index (χ0v) is 11.7. The van der Waals surface area contributed by atoms with Crippen LogP contribution in [0.3, 0.4) is 0 Å². The molecule has 0 bridgehead atoms. The van der Waals surface area contributed by atoms with Crippen LogP contribution >= 0.6 is 0 Å². The van der Waals surface area contributed by atoms with Gasteiger partial charge in [-0.05, 0) is 29.2 Å². The molecule has 103 valence electrons. The number of ether oxygens (including phenoxy) is 1. The quantitative estimate of drug-likeness (QED) is 0.843. The van der Waals surface area contributed by atoms with E-state index < -0.39 is 0 Å². The van der Waals surface area contributed by atoms with Crippen molar-refractivity contribution in [2.24, 2.45) is 0 Å². The second kappa shape index (κ2) is 6.69. The third-order valence-electron chi connectivity index (χ3n) is 3.84. The molecule has 2 aromatic carbocycles. The molecule has 0 unspecified atom stereocenters. The van der Waals surface area contributed by atoms with Gasteiger partial charge in [-0.25, -0.2) is 0 Å². The minimum absolute atomic E-state index is 0.868. The molecule has 2 heteroatoms. The van der Waals surface area contributed by atoms with E-state index in [2.05, 4.69) is 53.4 Å². The van der Waals surface area contributed by atoms with Crippen molar-refractivity contribution in [3.8, 4) is 11.1 Å². The second-order valence-corrected chi connectivity index (χ2v) is 5.15. The van der Waals surface area contributed by atoms with Gasteiger partial charge in [0.05, 0.1) is 13.2 Å². The third-order valence-corrected chi connectivity index (χ3v) is 3.84. The first kappa shape index (κ1) is 13.3. The number of nitrogens with zero attached hydrogens (tertiary/aromatic N) is 1. The molecule has 3 rings (SSSR count). The first-order valence-electron chi connectivity index (χ1n) is 7.28. The fourth-order valence-corrected chi connectivity index (χ4v) is 2.67. The standard InChI is InChI=1S/C18H20NO/c1-2-6-16(7-3-1)18-9-5-4-8-17(18)10-11-19-12-14-20-15-13-19/h1-3,5-9H,10-15H2. The van der Waals surface area contributed by atoms with E-state index in [1.54, 1.807) is 0 Å². The van der Waals surface area contributed by atoms with E-state index in [-0.39, 0.29) is 0 Å². The molecule has 2 nitrogen and oxygen atoms in total. The normalized spacial score (nSPS) is 16.2. The van der Waals surface area contributed by atoms with E-state index in [0.29, 0.717) is 0 Å². The topological polar surface area (TPSA) is 12.5 Å². The molecule has 0 N–H and O–H groups in total. The smallest absolute Gasteiger partial charge is 0.0594 e. The highest BCUT2D eigenvalue weighted by Crippen LogP contribution is 2.23. The van der Waals surface area contributed by atoms with Crippen molar-refractivity contribution in [2.75, 3.05) is 32.8 Å². The Hall–Kier alpha value is -1.64. The van der Waals surface area contributed by atoms with E-state index in [9.17, 15) is 0 Å². The first-order chi connectivity index (χ1) is 9.93. The summed E-state index contributed by atoms with van der Waals surface area (Å²) >= 11 is 0. The van der Waals surface area contributed by atoms with Crippen LogP contribution in [0.4, 0.5) is 0 Å². The van der Waals surface area contributed by atoms with Crippen LogP contribution in [0.1, 0.15) is 5.56 Å². The average molecular weight is 266 g/mol. The van der Waals surface area contributed by atoms with Gasteiger partial charge in [0.1, 0.15) is 0 Å². The molecule has 1 heterocycles. The molecular weight excluding hydrogens is 246 g/mol. The van der Waals surface area contributed by atoms with Gasteiger partial charge in [-0.2, -0.15) is 0 Å². The van der Waals surface area contributed by atoms with Gasteiger partial charge in [0.2, 0.25) is 0 Å². The predicted octanol–water partition coefficient (Wildman–Crippen LogP) is 3.03. The van der Waals surface area contributed by atoms with Crippen molar-refractivity contribution in [1.29, 1.82) is 0 Å². The lowest BCUT2D eigenvalue weighted by Crippen LogP contribution is -2.37. The van der Waals surface area contributed by atoms with Crippen molar-refractivity contribution in [3.63, 3.8) is 0 Å². The zero-order valence-electron chi connectivity index (χ0n) is 11.7. The van der Waals surface area contributed by atoms with Gasteiger partial charge >= 0.3 is 0 Å². The molecule has 1 fully saturated rings. The molecule has 0 atom stereocenters. The minimum Gasteiger partial charge on any atom is -0.379 e. The van der Waals surface area contributed by atoms with Crippen molar-refractivity contribution in [1.82, 2.24) is 4.90 Å². The lowest BCUT2D eigenvalue weighted by molar-refractivity contribution is 0.0384. The predicted molar refractivity (Wildman–Crippen MR) is 81.7 cm³/mol. The fourth-order valence-electron chi connectivity index (χ4n) is 2.67. The molecular formula is C18H20NO. The maximum Gasteiger partial charge on any atom is 0.0594 e. The largest absolute Gasteiger partial charge is 0.379 e. The number of hydrogen-bond donors (Lipinski definition) is 0. The molecule has 0 aliphatic carbocycles. The van der Waals surface area contributed by atoms with Gasteiger partial charge in [-0.15, -0.1) is 0 Å². The highest BCUT2D eigenvalue weighted by atomic mass is 16.5. The van der Waals surface area contributed by atoms with E-state index in [1.165, 1.54) is 16.7 Å². The Morgan fingerprint density at radius 3 is 2.65 bits per heavy atom. The average Bonchev–Trinajstić information content (AvgIpc) is 2.55. The fraction of sp³-hybridized carbons (Fsp3) is 0.333. The van der Waals surface area contributed by atoms with Crippen molar-refractivity contribution in [3.05, 3.63) is 60.2 Å². The lowest BCUT2D eigenvalue weighted by Gasteiger charge is -2.26. The number of rotatable bonds is 4.